The molecule has 2 aromatic rings. The van der Waals surface area contributed by atoms with E-state index in [-0.39, 0.29) is 11.8 Å². The number of hydrogen-bond acceptors (Lipinski definition) is 3. The highest BCUT2D eigenvalue weighted by Gasteiger charge is 2.26. The van der Waals surface area contributed by atoms with E-state index in [1.54, 1.807) is 12.4 Å². The van der Waals surface area contributed by atoms with Gasteiger partial charge in [-0.1, -0.05) is 30.3 Å². The lowest BCUT2D eigenvalue weighted by atomic mass is 9.81. The van der Waals surface area contributed by atoms with Crippen LogP contribution in [0, 0.1) is 11.8 Å². The lowest BCUT2D eigenvalue weighted by Crippen LogP contribution is -2.32. The van der Waals surface area contributed by atoms with E-state index < -0.39 is 0 Å². The molecule has 1 fully saturated rings. The van der Waals surface area contributed by atoms with E-state index in [4.69, 9.17) is 0 Å². The molecule has 1 aromatic carbocycles. The van der Waals surface area contributed by atoms with Gasteiger partial charge >= 0.3 is 0 Å². The minimum absolute atomic E-state index is 0.142. The van der Waals surface area contributed by atoms with E-state index >= 15 is 0 Å². The Labute approximate surface area is 150 Å². The number of benzene rings is 1. The van der Waals surface area contributed by atoms with Crippen LogP contribution in [0.25, 0.3) is 0 Å². The van der Waals surface area contributed by atoms with Crippen LogP contribution in [-0.2, 0) is 11.3 Å². The third-order valence-corrected chi connectivity index (χ3v) is 5.03. The van der Waals surface area contributed by atoms with Gasteiger partial charge in [0.15, 0.2) is 0 Å². The van der Waals surface area contributed by atoms with Crippen molar-refractivity contribution in [3.63, 3.8) is 0 Å². The quantitative estimate of drug-likeness (QED) is 0.868. The molecule has 1 saturated carbocycles. The van der Waals surface area contributed by atoms with E-state index in [0.29, 0.717) is 5.92 Å². The van der Waals surface area contributed by atoms with Gasteiger partial charge in [-0.25, -0.2) is 0 Å². The second-order valence-corrected chi connectivity index (χ2v) is 7.13. The number of nitrogens with one attached hydrogen (secondary N) is 1. The highest BCUT2D eigenvalue weighted by Crippen LogP contribution is 2.30. The first-order chi connectivity index (χ1) is 12.2. The summed E-state index contributed by atoms with van der Waals surface area (Å²) in [5.74, 6) is 0.991. The summed E-state index contributed by atoms with van der Waals surface area (Å²) in [7, 11) is 2.19. The molecule has 1 amide bonds. The van der Waals surface area contributed by atoms with Crippen molar-refractivity contribution < 1.29 is 4.79 Å². The summed E-state index contributed by atoms with van der Waals surface area (Å²) in [6.45, 7) is 2.09. The number of carbonyl (C=O) groups is 1. The van der Waals surface area contributed by atoms with Gasteiger partial charge in [0, 0.05) is 37.1 Å². The fourth-order valence-corrected chi connectivity index (χ4v) is 3.69. The number of anilines is 1. The molecule has 1 heterocycles. The summed E-state index contributed by atoms with van der Waals surface area (Å²) >= 11 is 0. The normalized spacial score (nSPS) is 20.4. The average Bonchev–Trinajstić information content (AvgIpc) is 2.64. The summed E-state index contributed by atoms with van der Waals surface area (Å²) in [5, 5.41) is 3.01. The molecule has 0 spiro atoms. The summed E-state index contributed by atoms with van der Waals surface area (Å²) < 4.78 is 0. The fourth-order valence-electron chi connectivity index (χ4n) is 3.69. The Morgan fingerprint density at radius 2 is 1.76 bits per heavy atom. The lowest BCUT2D eigenvalue weighted by molar-refractivity contribution is -0.121. The maximum Gasteiger partial charge on any atom is 0.227 e. The summed E-state index contributed by atoms with van der Waals surface area (Å²) in [6.07, 6.45) is 7.65. The molecule has 1 N–H and O–H groups in total. The average molecular weight is 337 g/mol. The molecule has 0 unspecified atom stereocenters. The van der Waals surface area contributed by atoms with Gasteiger partial charge in [-0.3, -0.25) is 9.78 Å². The van der Waals surface area contributed by atoms with E-state index in [1.165, 1.54) is 5.56 Å². The molecule has 0 bridgehead atoms. The number of pyridine rings is 1. The molecule has 132 valence electrons. The Morgan fingerprint density at radius 1 is 1.08 bits per heavy atom. The molecule has 0 atom stereocenters. The van der Waals surface area contributed by atoms with Crippen molar-refractivity contribution in [3.8, 4) is 0 Å². The van der Waals surface area contributed by atoms with Crippen LogP contribution in [0.4, 0.5) is 5.69 Å². The first kappa shape index (κ1) is 17.6. The molecule has 0 aliphatic heterocycles. The summed E-state index contributed by atoms with van der Waals surface area (Å²) in [4.78, 5) is 18.8. The van der Waals surface area contributed by atoms with Gasteiger partial charge in [0.05, 0.1) is 0 Å². The fraction of sp³-hybridized carbons (Fsp3) is 0.429. The minimum atomic E-state index is 0.142. The summed E-state index contributed by atoms with van der Waals surface area (Å²) in [5.41, 5.74) is 2.19. The number of amides is 1. The first-order valence-electron chi connectivity index (χ1n) is 9.14. The maximum atomic E-state index is 12.4. The zero-order chi connectivity index (χ0) is 17.5. The minimum Gasteiger partial charge on any atom is -0.326 e. The Balaban J connectivity index is 1.41. The van der Waals surface area contributed by atoms with Crippen LogP contribution in [0.1, 0.15) is 31.2 Å². The Hall–Kier alpha value is -2.20. The van der Waals surface area contributed by atoms with Crippen molar-refractivity contribution in [1.82, 2.24) is 9.88 Å². The Bertz CT molecular complexity index is 651. The van der Waals surface area contributed by atoms with Gasteiger partial charge < -0.3 is 10.2 Å². The third-order valence-electron chi connectivity index (χ3n) is 5.03. The number of hydrogen-bond donors (Lipinski definition) is 1. The molecule has 1 aromatic heterocycles. The van der Waals surface area contributed by atoms with Gasteiger partial charge in [-0.05, 0) is 56.3 Å². The number of carbonyl (C=O) groups excluding carboxylic acids is 1. The SMILES string of the molecule is CN(Cc1ccccc1)CC1CCC(C(=O)Nc2ccncc2)CC1. The highest BCUT2D eigenvalue weighted by molar-refractivity contribution is 5.92. The Morgan fingerprint density at radius 3 is 2.44 bits per heavy atom. The molecule has 0 saturated heterocycles. The smallest absolute Gasteiger partial charge is 0.227 e. The zero-order valence-electron chi connectivity index (χ0n) is 14.9. The predicted octanol–water partition coefficient (Wildman–Crippen LogP) is 3.96. The van der Waals surface area contributed by atoms with Crippen LogP contribution in [0.15, 0.2) is 54.9 Å². The molecule has 1 aliphatic rings. The van der Waals surface area contributed by atoms with Crippen molar-refractivity contribution >= 4 is 11.6 Å². The van der Waals surface area contributed by atoms with Gasteiger partial charge in [-0.2, -0.15) is 0 Å². The van der Waals surface area contributed by atoms with Crippen molar-refractivity contribution in [1.29, 1.82) is 0 Å². The van der Waals surface area contributed by atoms with E-state index in [9.17, 15) is 4.79 Å². The molecule has 25 heavy (non-hydrogen) atoms. The topological polar surface area (TPSA) is 45.2 Å². The molecule has 3 rings (SSSR count). The highest BCUT2D eigenvalue weighted by atomic mass is 16.1. The van der Waals surface area contributed by atoms with Crippen molar-refractivity contribution in [3.05, 3.63) is 60.4 Å². The lowest BCUT2D eigenvalue weighted by Gasteiger charge is -2.30. The second kappa shape index (κ2) is 8.77. The van der Waals surface area contributed by atoms with Crippen molar-refractivity contribution in [2.45, 2.75) is 32.2 Å². The van der Waals surface area contributed by atoms with Crippen LogP contribution in [0.3, 0.4) is 0 Å². The molecule has 4 nitrogen and oxygen atoms in total. The zero-order valence-corrected chi connectivity index (χ0v) is 14.9. The molecular weight excluding hydrogens is 310 g/mol. The maximum absolute atomic E-state index is 12.4. The number of nitrogens with zero attached hydrogens (tertiary/aromatic N) is 2. The largest absolute Gasteiger partial charge is 0.326 e. The third kappa shape index (κ3) is 5.40. The molecule has 0 radical (unpaired) electrons. The number of rotatable bonds is 6. The van der Waals surface area contributed by atoms with Gasteiger partial charge in [0.25, 0.3) is 0 Å². The van der Waals surface area contributed by atoms with Crippen LogP contribution < -0.4 is 5.32 Å². The van der Waals surface area contributed by atoms with Crippen LogP contribution in [0.2, 0.25) is 0 Å². The predicted molar refractivity (Wildman–Crippen MR) is 101 cm³/mol. The molecular formula is C21H27N3O. The molecule has 1 aliphatic carbocycles. The van der Waals surface area contributed by atoms with Gasteiger partial charge in [0.2, 0.25) is 5.91 Å². The standard InChI is InChI=1S/C21H27N3O/c1-24(15-17-5-3-2-4-6-17)16-18-7-9-19(10-8-18)21(25)23-20-11-13-22-14-12-20/h2-6,11-14,18-19H,7-10,15-16H2,1H3,(H,22,23,25). The van der Waals surface area contributed by atoms with Crippen LogP contribution in [-0.4, -0.2) is 29.4 Å². The first-order valence-corrected chi connectivity index (χ1v) is 9.14. The van der Waals surface area contributed by atoms with E-state index in [2.05, 4.69) is 52.6 Å². The number of aromatic nitrogens is 1. The monoisotopic (exact) mass is 337 g/mol. The Kier molecular flexibility index (Phi) is 6.18. The van der Waals surface area contributed by atoms with Crippen LogP contribution >= 0.6 is 0 Å². The van der Waals surface area contributed by atoms with Crippen molar-refractivity contribution in [2.24, 2.45) is 11.8 Å². The van der Waals surface area contributed by atoms with E-state index in [0.717, 1.165) is 44.5 Å². The van der Waals surface area contributed by atoms with Crippen LogP contribution in [0.5, 0.6) is 0 Å². The van der Waals surface area contributed by atoms with Gasteiger partial charge in [0.1, 0.15) is 0 Å². The second-order valence-electron chi connectivity index (χ2n) is 7.13. The van der Waals surface area contributed by atoms with E-state index in [1.807, 2.05) is 12.1 Å². The van der Waals surface area contributed by atoms with Gasteiger partial charge in [-0.15, -0.1) is 0 Å². The van der Waals surface area contributed by atoms with Crippen molar-refractivity contribution in [2.75, 3.05) is 18.9 Å². The summed E-state index contributed by atoms with van der Waals surface area (Å²) in [6, 6.07) is 14.3. The molecule has 4 heteroatoms.